The van der Waals surface area contributed by atoms with E-state index in [4.69, 9.17) is 5.73 Å². The molecule has 1 amide bonds. The SMILES string of the molecule is CCC(N)(CC)CNC(=O)c1ccc(CS(=O)(=O)c2ccc(C)cc2)cc1. The van der Waals surface area contributed by atoms with Crippen molar-refractivity contribution in [3.8, 4) is 0 Å². The number of benzene rings is 2. The first-order valence-corrected chi connectivity index (χ1v) is 10.8. The largest absolute Gasteiger partial charge is 0.350 e. The topological polar surface area (TPSA) is 89.3 Å². The van der Waals surface area contributed by atoms with Gasteiger partial charge in [-0.05, 0) is 49.6 Å². The van der Waals surface area contributed by atoms with Crippen molar-refractivity contribution in [1.82, 2.24) is 5.32 Å². The molecule has 0 spiro atoms. The number of nitrogens with two attached hydrogens (primary N) is 1. The molecule has 0 fully saturated rings. The Labute approximate surface area is 161 Å². The van der Waals surface area contributed by atoms with Gasteiger partial charge in [-0.25, -0.2) is 8.42 Å². The number of rotatable bonds is 8. The van der Waals surface area contributed by atoms with Crippen molar-refractivity contribution in [2.24, 2.45) is 5.73 Å². The third-order valence-corrected chi connectivity index (χ3v) is 6.67. The summed E-state index contributed by atoms with van der Waals surface area (Å²) >= 11 is 0. The van der Waals surface area contributed by atoms with E-state index in [-0.39, 0.29) is 11.7 Å². The third-order valence-electron chi connectivity index (χ3n) is 4.96. The van der Waals surface area contributed by atoms with Crippen LogP contribution in [-0.2, 0) is 15.6 Å². The number of nitrogens with one attached hydrogen (secondary N) is 1. The van der Waals surface area contributed by atoms with Gasteiger partial charge in [-0.15, -0.1) is 0 Å². The summed E-state index contributed by atoms with van der Waals surface area (Å²) in [7, 11) is -3.42. The van der Waals surface area contributed by atoms with Gasteiger partial charge < -0.3 is 11.1 Å². The van der Waals surface area contributed by atoms with Gasteiger partial charge in [-0.3, -0.25) is 4.79 Å². The van der Waals surface area contributed by atoms with Gasteiger partial charge >= 0.3 is 0 Å². The molecule has 0 aliphatic carbocycles. The smallest absolute Gasteiger partial charge is 0.251 e. The monoisotopic (exact) mass is 388 g/mol. The van der Waals surface area contributed by atoms with E-state index >= 15 is 0 Å². The quantitative estimate of drug-likeness (QED) is 0.727. The number of aryl methyl sites for hydroxylation is 1. The molecule has 2 aromatic carbocycles. The summed E-state index contributed by atoms with van der Waals surface area (Å²) in [6.07, 6.45) is 1.55. The lowest BCUT2D eigenvalue weighted by atomic mass is 9.94. The van der Waals surface area contributed by atoms with Crippen LogP contribution in [0.25, 0.3) is 0 Å². The van der Waals surface area contributed by atoms with Crippen LogP contribution in [0.2, 0.25) is 0 Å². The molecule has 27 heavy (non-hydrogen) atoms. The minimum atomic E-state index is -3.42. The van der Waals surface area contributed by atoms with E-state index < -0.39 is 15.4 Å². The van der Waals surface area contributed by atoms with Crippen molar-refractivity contribution in [2.45, 2.75) is 49.8 Å². The van der Waals surface area contributed by atoms with Crippen molar-refractivity contribution in [1.29, 1.82) is 0 Å². The second-order valence-electron chi connectivity index (χ2n) is 7.02. The van der Waals surface area contributed by atoms with Gasteiger partial charge in [0.1, 0.15) is 0 Å². The maximum Gasteiger partial charge on any atom is 0.251 e. The summed E-state index contributed by atoms with van der Waals surface area (Å²) in [6, 6.07) is 13.4. The average molecular weight is 389 g/mol. The molecule has 0 atom stereocenters. The molecule has 0 aliphatic rings. The first kappa shape index (κ1) is 21.1. The van der Waals surface area contributed by atoms with Crippen LogP contribution in [0.15, 0.2) is 53.4 Å². The molecule has 0 aromatic heterocycles. The summed E-state index contributed by atoms with van der Waals surface area (Å²) in [4.78, 5) is 12.6. The average Bonchev–Trinajstić information content (AvgIpc) is 2.66. The number of hydrogen-bond donors (Lipinski definition) is 2. The van der Waals surface area contributed by atoms with E-state index in [2.05, 4.69) is 5.32 Å². The first-order chi connectivity index (χ1) is 12.7. The highest BCUT2D eigenvalue weighted by atomic mass is 32.2. The number of hydrogen-bond acceptors (Lipinski definition) is 4. The van der Waals surface area contributed by atoms with Crippen LogP contribution in [-0.4, -0.2) is 26.4 Å². The van der Waals surface area contributed by atoms with E-state index in [0.717, 1.165) is 18.4 Å². The van der Waals surface area contributed by atoms with E-state index in [0.29, 0.717) is 22.6 Å². The molecule has 2 aromatic rings. The second kappa shape index (κ2) is 8.67. The zero-order valence-electron chi connectivity index (χ0n) is 16.2. The third kappa shape index (κ3) is 5.65. The van der Waals surface area contributed by atoms with Gasteiger partial charge in [0.2, 0.25) is 0 Å². The van der Waals surface area contributed by atoms with Crippen molar-refractivity contribution < 1.29 is 13.2 Å². The normalized spacial score (nSPS) is 12.0. The zero-order valence-corrected chi connectivity index (χ0v) is 17.0. The van der Waals surface area contributed by atoms with Crippen LogP contribution in [0.5, 0.6) is 0 Å². The Morgan fingerprint density at radius 1 is 1.00 bits per heavy atom. The Morgan fingerprint density at radius 2 is 1.56 bits per heavy atom. The lowest BCUT2D eigenvalue weighted by molar-refractivity contribution is 0.0942. The fourth-order valence-electron chi connectivity index (χ4n) is 2.66. The van der Waals surface area contributed by atoms with Crippen LogP contribution in [0, 0.1) is 6.92 Å². The van der Waals surface area contributed by atoms with Gasteiger partial charge in [0, 0.05) is 17.6 Å². The van der Waals surface area contributed by atoms with E-state index in [1.54, 1.807) is 48.5 Å². The van der Waals surface area contributed by atoms with E-state index in [1.807, 2.05) is 20.8 Å². The molecule has 0 radical (unpaired) electrons. The Bertz CT molecular complexity index is 869. The van der Waals surface area contributed by atoms with Crippen LogP contribution < -0.4 is 11.1 Å². The molecule has 5 nitrogen and oxygen atoms in total. The molecule has 146 valence electrons. The minimum Gasteiger partial charge on any atom is -0.350 e. The lowest BCUT2D eigenvalue weighted by Crippen LogP contribution is -2.49. The van der Waals surface area contributed by atoms with Crippen LogP contribution in [0.3, 0.4) is 0 Å². The highest BCUT2D eigenvalue weighted by Crippen LogP contribution is 2.18. The van der Waals surface area contributed by atoms with Gasteiger partial charge in [0.15, 0.2) is 9.84 Å². The Morgan fingerprint density at radius 3 is 2.07 bits per heavy atom. The minimum absolute atomic E-state index is 0.102. The van der Waals surface area contributed by atoms with Crippen molar-refractivity contribution in [3.05, 3.63) is 65.2 Å². The molecular weight excluding hydrogens is 360 g/mol. The van der Waals surface area contributed by atoms with E-state index in [9.17, 15) is 13.2 Å². The molecule has 0 bridgehead atoms. The Balaban J connectivity index is 2.04. The van der Waals surface area contributed by atoms with Crippen molar-refractivity contribution >= 4 is 15.7 Å². The number of sulfone groups is 1. The molecule has 3 N–H and O–H groups in total. The maximum atomic E-state index is 12.5. The van der Waals surface area contributed by atoms with E-state index in [1.165, 1.54) is 0 Å². The van der Waals surface area contributed by atoms with Gasteiger partial charge in [0.05, 0.1) is 10.6 Å². The maximum absolute atomic E-state index is 12.5. The van der Waals surface area contributed by atoms with Crippen LogP contribution >= 0.6 is 0 Å². The summed E-state index contributed by atoms with van der Waals surface area (Å²) < 4.78 is 25.0. The summed E-state index contributed by atoms with van der Waals surface area (Å²) in [5.41, 5.74) is 7.93. The molecule has 6 heteroatoms. The second-order valence-corrected chi connectivity index (χ2v) is 9.01. The molecule has 0 heterocycles. The number of amides is 1. The predicted octanol–water partition coefficient (Wildman–Crippen LogP) is 3.22. The van der Waals surface area contributed by atoms with Gasteiger partial charge in [-0.1, -0.05) is 43.7 Å². The first-order valence-electron chi connectivity index (χ1n) is 9.14. The summed E-state index contributed by atoms with van der Waals surface area (Å²) in [5, 5.41) is 2.86. The highest BCUT2D eigenvalue weighted by molar-refractivity contribution is 7.90. The van der Waals surface area contributed by atoms with Crippen LogP contribution in [0.1, 0.15) is 48.2 Å². The molecular formula is C21H28N2O3S. The molecule has 0 saturated carbocycles. The predicted molar refractivity (Wildman–Crippen MR) is 108 cm³/mol. The van der Waals surface area contributed by atoms with Crippen LogP contribution in [0.4, 0.5) is 0 Å². The molecule has 0 saturated heterocycles. The fraction of sp³-hybridized carbons (Fsp3) is 0.381. The lowest BCUT2D eigenvalue weighted by Gasteiger charge is -2.26. The summed E-state index contributed by atoms with van der Waals surface area (Å²) in [5.74, 6) is -0.310. The highest BCUT2D eigenvalue weighted by Gasteiger charge is 2.21. The summed E-state index contributed by atoms with van der Waals surface area (Å²) in [6.45, 7) is 6.32. The Hall–Kier alpha value is -2.18. The van der Waals surface area contributed by atoms with Crippen molar-refractivity contribution in [2.75, 3.05) is 6.54 Å². The van der Waals surface area contributed by atoms with Gasteiger partial charge in [-0.2, -0.15) is 0 Å². The molecule has 2 rings (SSSR count). The zero-order chi connectivity index (χ0) is 20.1. The number of carbonyl (C=O) groups excluding carboxylic acids is 1. The fourth-order valence-corrected chi connectivity index (χ4v) is 4.01. The standard InChI is InChI=1S/C21H28N2O3S/c1-4-21(22,5-2)15-23-20(24)18-10-8-17(9-11-18)14-27(25,26)19-12-6-16(3)7-13-19/h6-13H,4-5,14-15,22H2,1-3H3,(H,23,24). The Kier molecular flexibility index (Phi) is 6.78. The van der Waals surface area contributed by atoms with Gasteiger partial charge in [0.25, 0.3) is 5.91 Å². The molecule has 0 aliphatic heterocycles. The van der Waals surface area contributed by atoms with Crippen molar-refractivity contribution in [3.63, 3.8) is 0 Å². The molecule has 0 unspecified atom stereocenters. The number of carbonyl (C=O) groups is 1.